The van der Waals surface area contributed by atoms with E-state index in [9.17, 15) is 17.6 Å². The molecule has 2 aromatic carbocycles. The highest BCUT2D eigenvalue weighted by Gasteiger charge is 2.40. The molecule has 1 aliphatic rings. The van der Waals surface area contributed by atoms with Gasteiger partial charge < -0.3 is 4.74 Å². The fourth-order valence-corrected chi connectivity index (χ4v) is 3.49. The fraction of sp³-hybridized carbons (Fsp3) is 0.429. The van der Waals surface area contributed by atoms with Gasteiger partial charge >= 0.3 is 6.18 Å². The van der Waals surface area contributed by atoms with Crippen molar-refractivity contribution in [1.82, 2.24) is 0 Å². The smallest absolute Gasteiger partial charge is 0.378 e. The minimum absolute atomic E-state index is 0.00386. The Bertz CT molecular complexity index is 757. The summed E-state index contributed by atoms with van der Waals surface area (Å²) in [5.41, 5.74) is 0.322. The molecule has 2 aromatic rings. The molecule has 1 aliphatic heterocycles. The van der Waals surface area contributed by atoms with E-state index in [2.05, 4.69) is 0 Å². The number of benzene rings is 2. The summed E-state index contributed by atoms with van der Waals surface area (Å²) < 4.78 is 61.5. The van der Waals surface area contributed by atoms with E-state index < -0.39 is 23.5 Å². The standard InChI is InChI=1S/C21H22F4O/c1-3-14-5-8-15(9-6-14)18-11-10-17(16-7-4-13(2)26-12-16)19(20(18)22)21(23,24)25/h5-6,8-11,13,16H,3-4,7,12H2,1-2H3. The average Bonchev–Trinajstić information content (AvgIpc) is 2.61. The van der Waals surface area contributed by atoms with Crippen LogP contribution in [0.25, 0.3) is 11.1 Å². The molecular weight excluding hydrogens is 344 g/mol. The van der Waals surface area contributed by atoms with Crippen molar-refractivity contribution in [3.05, 3.63) is 58.9 Å². The van der Waals surface area contributed by atoms with Gasteiger partial charge in [-0.3, -0.25) is 0 Å². The van der Waals surface area contributed by atoms with Crippen molar-refractivity contribution in [2.45, 2.75) is 51.3 Å². The Labute approximate surface area is 151 Å². The Balaban J connectivity index is 2.06. The van der Waals surface area contributed by atoms with Crippen LogP contribution in [0, 0.1) is 5.82 Å². The van der Waals surface area contributed by atoms with Crippen LogP contribution in [0.3, 0.4) is 0 Å². The molecule has 0 N–H and O–H groups in total. The van der Waals surface area contributed by atoms with Crippen molar-refractivity contribution in [2.75, 3.05) is 6.61 Å². The summed E-state index contributed by atoms with van der Waals surface area (Å²) in [6.07, 6.45) is -2.67. The Hall–Kier alpha value is -1.88. The molecule has 0 saturated carbocycles. The number of hydrogen-bond donors (Lipinski definition) is 0. The van der Waals surface area contributed by atoms with Crippen LogP contribution in [0.4, 0.5) is 17.6 Å². The van der Waals surface area contributed by atoms with Crippen LogP contribution < -0.4 is 0 Å². The van der Waals surface area contributed by atoms with Crippen molar-refractivity contribution in [3.8, 4) is 11.1 Å². The minimum atomic E-state index is -4.75. The van der Waals surface area contributed by atoms with Crippen molar-refractivity contribution in [2.24, 2.45) is 0 Å². The van der Waals surface area contributed by atoms with E-state index in [0.717, 1.165) is 12.0 Å². The third kappa shape index (κ3) is 3.78. The molecule has 1 saturated heterocycles. The highest BCUT2D eigenvalue weighted by Crippen LogP contribution is 2.42. The molecule has 2 atom stereocenters. The molecule has 0 radical (unpaired) electrons. The van der Waals surface area contributed by atoms with E-state index >= 15 is 0 Å². The molecule has 1 fully saturated rings. The normalized spacial score (nSPS) is 21.0. The van der Waals surface area contributed by atoms with E-state index in [-0.39, 0.29) is 23.8 Å². The first-order valence-corrected chi connectivity index (χ1v) is 8.91. The first kappa shape index (κ1) is 18.9. The lowest BCUT2D eigenvalue weighted by Gasteiger charge is -2.29. The van der Waals surface area contributed by atoms with Gasteiger partial charge in [0.15, 0.2) is 0 Å². The third-order valence-electron chi connectivity index (χ3n) is 5.07. The molecule has 5 heteroatoms. The van der Waals surface area contributed by atoms with Gasteiger partial charge in [-0.15, -0.1) is 0 Å². The number of ether oxygens (including phenoxy) is 1. The zero-order chi connectivity index (χ0) is 18.9. The summed E-state index contributed by atoms with van der Waals surface area (Å²) in [6.45, 7) is 4.07. The third-order valence-corrected chi connectivity index (χ3v) is 5.07. The second-order valence-electron chi connectivity index (χ2n) is 6.86. The maximum Gasteiger partial charge on any atom is 0.419 e. The summed E-state index contributed by atoms with van der Waals surface area (Å²) >= 11 is 0. The molecule has 1 nitrogen and oxygen atoms in total. The van der Waals surface area contributed by atoms with Gasteiger partial charge in [-0.25, -0.2) is 4.39 Å². The van der Waals surface area contributed by atoms with Crippen LogP contribution >= 0.6 is 0 Å². The van der Waals surface area contributed by atoms with Crippen LogP contribution in [0.1, 0.15) is 49.3 Å². The molecule has 2 unspecified atom stereocenters. The minimum Gasteiger partial charge on any atom is -0.378 e. The summed E-state index contributed by atoms with van der Waals surface area (Å²) in [7, 11) is 0. The van der Waals surface area contributed by atoms with Gasteiger partial charge in [-0.05, 0) is 42.9 Å². The number of alkyl halides is 3. The van der Waals surface area contributed by atoms with Gasteiger partial charge in [0.05, 0.1) is 18.3 Å². The van der Waals surface area contributed by atoms with Crippen LogP contribution in [-0.4, -0.2) is 12.7 Å². The topological polar surface area (TPSA) is 9.23 Å². The number of hydrogen-bond acceptors (Lipinski definition) is 1. The zero-order valence-electron chi connectivity index (χ0n) is 14.9. The Morgan fingerprint density at radius 2 is 1.73 bits per heavy atom. The summed E-state index contributed by atoms with van der Waals surface area (Å²) in [4.78, 5) is 0. The summed E-state index contributed by atoms with van der Waals surface area (Å²) in [5, 5.41) is 0. The van der Waals surface area contributed by atoms with Gasteiger partial charge in [0.25, 0.3) is 0 Å². The highest BCUT2D eigenvalue weighted by molar-refractivity contribution is 5.66. The SMILES string of the molecule is CCc1ccc(-c2ccc(C3CCC(C)OC3)c(C(F)(F)F)c2F)cc1. The first-order valence-electron chi connectivity index (χ1n) is 8.91. The van der Waals surface area contributed by atoms with Gasteiger partial charge in [0.2, 0.25) is 0 Å². The summed E-state index contributed by atoms with van der Waals surface area (Å²) in [5.74, 6) is -1.63. The number of aryl methyl sites for hydroxylation is 1. The molecule has 0 bridgehead atoms. The largest absolute Gasteiger partial charge is 0.419 e. The van der Waals surface area contributed by atoms with E-state index in [1.165, 1.54) is 12.1 Å². The quantitative estimate of drug-likeness (QED) is 0.575. The van der Waals surface area contributed by atoms with Crippen molar-refractivity contribution in [1.29, 1.82) is 0 Å². The Morgan fingerprint density at radius 1 is 1.04 bits per heavy atom. The molecule has 1 heterocycles. The average molecular weight is 366 g/mol. The maximum atomic E-state index is 15.0. The molecule has 0 amide bonds. The molecule has 0 spiro atoms. The summed E-state index contributed by atoms with van der Waals surface area (Å²) in [6, 6.07) is 9.83. The Kier molecular flexibility index (Phi) is 5.37. The Morgan fingerprint density at radius 3 is 2.27 bits per heavy atom. The highest BCUT2D eigenvalue weighted by atomic mass is 19.4. The fourth-order valence-electron chi connectivity index (χ4n) is 3.49. The molecule has 140 valence electrons. The lowest BCUT2D eigenvalue weighted by atomic mass is 9.86. The van der Waals surface area contributed by atoms with Crippen LogP contribution in [0.5, 0.6) is 0 Å². The molecule has 0 aliphatic carbocycles. The predicted octanol–water partition coefficient (Wildman–Crippen LogP) is 6.36. The van der Waals surface area contributed by atoms with Gasteiger partial charge in [0, 0.05) is 11.5 Å². The second kappa shape index (κ2) is 7.39. The lowest BCUT2D eigenvalue weighted by Crippen LogP contribution is -2.25. The van der Waals surface area contributed by atoms with Gasteiger partial charge in [-0.2, -0.15) is 13.2 Å². The van der Waals surface area contributed by atoms with Crippen molar-refractivity contribution < 1.29 is 22.3 Å². The predicted molar refractivity (Wildman–Crippen MR) is 93.6 cm³/mol. The molecule has 0 aromatic heterocycles. The van der Waals surface area contributed by atoms with E-state index in [4.69, 9.17) is 4.74 Å². The monoisotopic (exact) mass is 366 g/mol. The van der Waals surface area contributed by atoms with Crippen LogP contribution in [0.2, 0.25) is 0 Å². The van der Waals surface area contributed by atoms with Gasteiger partial charge in [0.1, 0.15) is 5.82 Å². The lowest BCUT2D eigenvalue weighted by molar-refractivity contribution is -0.141. The first-order chi connectivity index (χ1) is 12.3. The maximum absolute atomic E-state index is 15.0. The van der Waals surface area contributed by atoms with Crippen LogP contribution in [0.15, 0.2) is 36.4 Å². The molecule has 3 rings (SSSR count). The van der Waals surface area contributed by atoms with E-state index in [1.54, 1.807) is 12.1 Å². The van der Waals surface area contributed by atoms with E-state index in [1.807, 2.05) is 26.0 Å². The molecule has 26 heavy (non-hydrogen) atoms. The van der Waals surface area contributed by atoms with Crippen LogP contribution in [-0.2, 0) is 17.3 Å². The van der Waals surface area contributed by atoms with Crippen molar-refractivity contribution in [3.63, 3.8) is 0 Å². The van der Waals surface area contributed by atoms with E-state index in [0.29, 0.717) is 18.4 Å². The van der Waals surface area contributed by atoms with Gasteiger partial charge in [-0.1, -0.05) is 43.3 Å². The number of halogens is 4. The van der Waals surface area contributed by atoms with Crippen molar-refractivity contribution >= 4 is 0 Å². The zero-order valence-corrected chi connectivity index (χ0v) is 14.9. The number of rotatable bonds is 3. The second-order valence-corrected chi connectivity index (χ2v) is 6.86. The molecular formula is C21H22F4O.